The Kier molecular flexibility index (Phi) is 4.44. The van der Waals surface area contributed by atoms with Crippen molar-refractivity contribution in [1.29, 1.82) is 0 Å². The topological polar surface area (TPSA) is 71.3 Å². The lowest BCUT2D eigenvalue weighted by atomic mass is 9.75. The van der Waals surface area contributed by atoms with E-state index < -0.39 is 5.92 Å². The third-order valence-electron chi connectivity index (χ3n) is 5.29. The second kappa shape index (κ2) is 6.91. The van der Waals surface area contributed by atoms with Crippen LogP contribution in [-0.4, -0.2) is 11.7 Å². The Balaban J connectivity index is 1.77. The first kappa shape index (κ1) is 17.3. The Bertz CT molecular complexity index is 967. The number of furan rings is 1. The van der Waals surface area contributed by atoms with Crippen molar-refractivity contribution >= 4 is 17.4 Å². The molecule has 0 saturated carbocycles. The lowest BCUT2D eigenvalue weighted by Crippen LogP contribution is -2.35. The van der Waals surface area contributed by atoms with Gasteiger partial charge in [0.05, 0.1) is 12.5 Å². The fourth-order valence-corrected chi connectivity index (χ4v) is 3.96. The fourth-order valence-electron chi connectivity index (χ4n) is 3.96. The van der Waals surface area contributed by atoms with Crippen molar-refractivity contribution in [3.05, 3.63) is 76.5 Å². The van der Waals surface area contributed by atoms with E-state index >= 15 is 0 Å². The lowest BCUT2D eigenvalue weighted by Gasteiger charge is -2.34. The van der Waals surface area contributed by atoms with Gasteiger partial charge in [-0.1, -0.05) is 18.2 Å². The van der Waals surface area contributed by atoms with Crippen LogP contribution in [0.2, 0.25) is 0 Å². The molecule has 0 saturated heterocycles. The van der Waals surface area contributed by atoms with Gasteiger partial charge in [-0.25, -0.2) is 0 Å². The second-order valence-corrected chi connectivity index (χ2v) is 7.09. The summed E-state index contributed by atoms with van der Waals surface area (Å²) >= 11 is 0. The highest BCUT2D eigenvalue weighted by atomic mass is 16.3. The summed E-state index contributed by atoms with van der Waals surface area (Å²) in [5.41, 5.74) is 5.55. The SMILES string of the molecule is CC1=C(C(=O)Nc2ccccc2C)C(c2ccoc2)C2=C(CCCC2=O)N1. The molecule has 1 atom stereocenters. The van der Waals surface area contributed by atoms with E-state index in [4.69, 9.17) is 4.42 Å². The fraction of sp³-hybridized carbons (Fsp3) is 0.273. The average Bonchev–Trinajstić information content (AvgIpc) is 3.17. The molecule has 2 heterocycles. The molecule has 0 spiro atoms. The first-order chi connectivity index (χ1) is 13.1. The van der Waals surface area contributed by atoms with E-state index in [2.05, 4.69) is 10.6 Å². The van der Waals surface area contributed by atoms with E-state index in [-0.39, 0.29) is 11.7 Å². The molecule has 5 nitrogen and oxygen atoms in total. The van der Waals surface area contributed by atoms with Gasteiger partial charge in [0.25, 0.3) is 5.91 Å². The molecule has 5 heteroatoms. The van der Waals surface area contributed by atoms with Crippen LogP contribution >= 0.6 is 0 Å². The van der Waals surface area contributed by atoms with E-state index in [0.717, 1.165) is 41.1 Å². The number of allylic oxidation sites excluding steroid dienone is 3. The maximum absolute atomic E-state index is 13.2. The van der Waals surface area contributed by atoms with Crippen LogP contribution in [0.25, 0.3) is 0 Å². The van der Waals surface area contributed by atoms with Gasteiger partial charge < -0.3 is 15.1 Å². The maximum Gasteiger partial charge on any atom is 0.254 e. The molecule has 2 N–H and O–H groups in total. The molecule has 2 aromatic rings. The number of para-hydroxylation sites is 1. The zero-order valence-corrected chi connectivity index (χ0v) is 15.5. The van der Waals surface area contributed by atoms with Gasteiger partial charge in [0.15, 0.2) is 5.78 Å². The first-order valence-corrected chi connectivity index (χ1v) is 9.19. The van der Waals surface area contributed by atoms with Gasteiger partial charge >= 0.3 is 0 Å². The molecule has 27 heavy (non-hydrogen) atoms. The number of carbonyl (C=O) groups is 2. The van der Waals surface area contributed by atoms with Crippen LogP contribution in [0.4, 0.5) is 5.69 Å². The molecule has 0 bridgehead atoms. The summed E-state index contributed by atoms with van der Waals surface area (Å²) in [5.74, 6) is -0.508. The molecule has 1 aromatic heterocycles. The molecule has 4 rings (SSSR count). The van der Waals surface area contributed by atoms with Gasteiger partial charge in [-0.3, -0.25) is 9.59 Å². The highest BCUT2D eigenvalue weighted by molar-refractivity contribution is 6.10. The Labute approximate surface area is 158 Å². The molecule has 0 radical (unpaired) electrons. The lowest BCUT2D eigenvalue weighted by molar-refractivity contribution is -0.116. The molecule has 1 unspecified atom stereocenters. The van der Waals surface area contributed by atoms with Crippen molar-refractivity contribution in [3.63, 3.8) is 0 Å². The molecule has 1 aliphatic heterocycles. The summed E-state index contributed by atoms with van der Waals surface area (Å²) in [6.07, 6.45) is 5.37. The van der Waals surface area contributed by atoms with E-state index in [1.54, 1.807) is 12.5 Å². The molecule has 1 aromatic carbocycles. The van der Waals surface area contributed by atoms with Gasteiger partial charge in [0.1, 0.15) is 0 Å². The predicted molar refractivity (Wildman–Crippen MR) is 103 cm³/mol. The van der Waals surface area contributed by atoms with Crippen molar-refractivity contribution in [2.24, 2.45) is 0 Å². The number of rotatable bonds is 3. The Morgan fingerprint density at radius 1 is 1.19 bits per heavy atom. The minimum Gasteiger partial charge on any atom is -0.472 e. The van der Waals surface area contributed by atoms with Gasteiger partial charge in [0.2, 0.25) is 0 Å². The number of nitrogens with one attached hydrogen (secondary N) is 2. The largest absolute Gasteiger partial charge is 0.472 e. The van der Waals surface area contributed by atoms with Crippen LogP contribution in [0.5, 0.6) is 0 Å². The standard InChI is InChI=1S/C22H22N2O3/c1-13-6-3-4-7-16(13)24-22(26)19-14(2)23-17-8-5-9-18(25)21(17)20(19)15-10-11-27-12-15/h3-4,6-7,10-12,20,23H,5,8-9H2,1-2H3,(H,24,26). The van der Waals surface area contributed by atoms with Crippen LogP contribution < -0.4 is 10.6 Å². The van der Waals surface area contributed by atoms with Crippen molar-refractivity contribution in [2.75, 3.05) is 5.32 Å². The molecular weight excluding hydrogens is 340 g/mol. The monoisotopic (exact) mass is 362 g/mol. The number of hydrogen-bond donors (Lipinski definition) is 2. The minimum atomic E-state index is -0.406. The zero-order chi connectivity index (χ0) is 19.0. The Morgan fingerprint density at radius 2 is 2.00 bits per heavy atom. The third kappa shape index (κ3) is 3.10. The molecule has 1 aliphatic carbocycles. The summed E-state index contributed by atoms with van der Waals surface area (Å²) in [7, 11) is 0. The molecule has 2 aliphatic rings. The number of benzene rings is 1. The van der Waals surface area contributed by atoms with Crippen LogP contribution in [0.15, 0.2) is 69.8 Å². The van der Waals surface area contributed by atoms with Crippen LogP contribution in [0.1, 0.15) is 43.2 Å². The molecule has 1 amide bonds. The normalized spacial score (nSPS) is 19.6. The average molecular weight is 362 g/mol. The number of aryl methyl sites for hydroxylation is 1. The van der Waals surface area contributed by atoms with E-state index in [0.29, 0.717) is 17.6 Å². The maximum atomic E-state index is 13.2. The van der Waals surface area contributed by atoms with E-state index in [1.807, 2.05) is 44.2 Å². The number of anilines is 1. The number of carbonyl (C=O) groups excluding carboxylic acids is 2. The van der Waals surface area contributed by atoms with Crippen molar-refractivity contribution < 1.29 is 14.0 Å². The molecule has 138 valence electrons. The molecule has 0 fully saturated rings. The van der Waals surface area contributed by atoms with Crippen molar-refractivity contribution in [2.45, 2.75) is 39.0 Å². The predicted octanol–water partition coefficient (Wildman–Crippen LogP) is 4.19. The van der Waals surface area contributed by atoms with Crippen molar-refractivity contribution in [1.82, 2.24) is 5.32 Å². The highest BCUT2D eigenvalue weighted by Crippen LogP contribution is 2.42. The van der Waals surface area contributed by atoms with Gasteiger partial charge in [-0.15, -0.1) is 0 Å². The zero-order valence-electron chi connectivity index (χ0n) is 15.5. The third-order valence-corrected chi connectivity index (χ3v) is 5.29. The Hall–Kier alpha value is -3.08. The molecular formula is C22H22N2O3. The summed E-state index contributed by atoms with van der Waals surface area (Å²) in [5, 5.41) is 6.33. The number of amides is 1. The number of hydrogen-bond acceptors (Lipinski definition) is 4. The summed E-state index contributed by atoms with van der Waals surface area (Å²) < 4.78 is 5.27. The van der Waals surface area contributed by atoms with Gasteiger partial charge in [-0.05, 0) is 44.4 Å². The summed E-state index contributed by atoms with van der Waals surface area (Å²) in [4.78, 5) is 26.0. The van der Waals surface area contributed by atoms with Crippen LogP contribution in [-0.2, 0) is 9.59 Å². The summed E-state index contributed by atoms with van der Waals surface area (Å²) in [6.45, 7) is 3.84. The van der Waals surface area contributed by atoms with Crippen LogP contribution in [0, 0.1) is 6.92 Å². The minimum absolute atomic E-state index is 0.101. The highest BCUT2D eigenvalue weighted by Gasteiger charge is 2.38. The first-order valence-electron chi connectivity index (χ1n) is 9.19. The summed E-state index contributed by atoms with van der Waals surface area (Å²) in [6, 6.07) is 9.49. The second-order valence-electron chi connectivity index (χ2n) is 7.09. The van der Waals surface area contributed by atoms with E-state index in [9.17, 15) is 9.59 Å². The number of ketones is 1. The quantitative estimate of drug-likeness (QED) is 0.859. The van der Waals surface area contributed by atoms with Gasteiger partial charge in [-0.2, -0.15) is 0 Å². The van der Waals surface area contributed by atoms with Gasteiger partial charge in [0, 0.05) is 46.1 Å². The van der Waals surface area contributed by atoms with Crippen molar-refractivity contribution in [3.8, 4) is 0 Å². The number of Topliss-reactive ketones (excluding diaryl/α,β-unsaturated/α-hetero) is 1. The Morgan fingerprint density at radius 3 is 2.74 bits per heavy atom. The van der Waals surface area contributed by atoms with E-state index in [1.165, 1.54) is 0 Å². The number of dihydropyridines is 1. The van der Waals surface area contributed by atoms with Crippen LogP contribution in [0.3, 0.4) is 0 Å². The smallest absolute Gasteiger partial charge is 0.254 e.